The van der Waals surface area contributed by atoms with Crippen molar-refractivity contribution >= 4 is 10.8 Å². The Bertz CT molecular complexity index is 761. The summed E-state index contributed by atoms with van der Waals surface area (Å²) in [5.41, 5.74) is 2.27. The molecular formula is C18H17N3. The van der Waals surface area contributed by atoms with Gasteiger partial charge >= 0.3 is 0 Å². The van der Waals surface area contributed by atoms with E-state index in [2.05, 4.69) is 57.3 Å². The van der Waals surface area contributed by atoms with Crippen LogP contribution in [0.4, 0.5) is 0 Å². The fraction of sp³-hybridized carbons (Fsp3) is 0.222. The standard InChI is InChI=1S/C18H17N3/c1-2-5-16-10-17(7-6-15(16)4-1)18-19-11-14(12-20-18)13-21-8-3-9-21/h1-2,4-7,10-12H,3,8-9,13H2. The predicted molar refractivity (Wildman–Crippen MR) is 84.9 cm³/mol. The second-order valence-electron chi connectivity index (χ2n) is 5.61. The summed E-state index contributed by atoms with van der Waals surface area (Å²) in [5, 5.41) is 2.47. The van der Waals surface area contributed by atoms with Crippen LogP contribution >= 0.6 is 0 Å². The van der Waals surface area contributed by atoms with Gasteiger partial charge in [-0.1, -0.05) is 36.4 Å². The zero-order valence-electron chi connectivity index (χ0n) is 11.9. The molecule has 0 atom stereocenters. The molecule has 0 N–H and O–H groups in total. The zero-order chi connectivity index (χ0) is 14.1. The number of benzene rings is 2. The molecule has 0 bridgehead atoms. The topological polar surface area (TPSA) is 29.0 Å². The van der Waals surface area contributed by atoms with E-state index in [1.165, 1.54) is 35.8 Å². The van der Waals surface area contributed by atoms with Gasteiger partial charge in [0.25, 0.3) is 0 Å². The molecule has 2 aromatic carbocycles. The Labute approximate surface area is 124 Å². The van der Waals surface area contributed by atoms with E-state index < -0.39 is 0 Å². The Hall–Kier alpha value is -2.26. The summed E-state index contributed by atoms with van der Waals surface area (Å²) < 4.78 is 0. The van der Waals surface area contributed by atoms with Crippen molar-refractivity contribution in [3.63, 3.8) is 0 Å². The maximum Gasteiger partial charge on any atom is 0.159 e. The summed E-state index contributed by atoms with van der Waals surface area (Å²) in [7, 11) is 0. The molecule has 2 heterocycles. The number of likely N-dealkylation sites (tertiary alicyclic amines) is 1. The van der Waals surface area contributed by atoms with Crippen molar-refractivity contribution < 1.29 is 0 Å². The number of rotatable bonds is 3. The van der Waals surface area contributed by atoms with Gasteiger partial charge in [0.05, 0.1) is 0 Å². The highest BCUT2D eigenvalue weighted by atomic mass is 15.2. The molecule has 1 aliphatic rings. The molecule has 1 aliphatic heterocycles. The second kappa shape index (κ2) is 5.26. The average Bonchev–Trinajstić information content (AvgIpc) is 2.51. The van der Waals surface area contributed by atoms with Crippen LogP contribution in [0.15, 0.2) is 54.9 Å². The molecule has 0 unspecified atom stereocenters. The Morgan fingerprint density at radius 3 is 2.38 bits per heavy atom. The Morgan fingerprint density at radius 2 is 1.67 bits per heavy atom. The average molecular weight is 275 g/mol. The lowest BCUT2D eigenvalue weighted by molar-refractivity contribution is 0.172. The van der Waals surface area contributed by atoms with Crippen molar-refractivity contribution in [3.8, 4) is 11.4 Å². The summed E-state index contributed by atoms with van der Waals surface area (Å²) in [4.78, 5) is 11.5. The van der Waals surface area contributed by atoms with E-state index >= 15 is 0 Å². The Morgan fingerprint density at radius 1 is 0.905 bits per heavy atom. The number of fused-ring (bicyclic) bond motifs is 1. The van der Waals surface area contributed by atoms with Gasteiger partial charge in [-0.3, -0.25) is 4.90 Å². The predicted octanol–water partition coefficient (Wildman–Crippen LogP) is 3.50. The summed E-state index contributed by atoms with van der Waals surface area (Å²) in [6.07, 6.45) is 5.22. The fourth-order valence-electron chi connectivity index (χ4n) is 2.71. The van der Waals surface area contributed by atoms with E-state index in [1.54, 1.807) is 0 Å². The smallest absolute Gasteiger partial charge is 0.159 e. The van der Waals surface area contributed by atoms with Gasteiger partial charge in [-0.15, -0.1) is 0 Å². The van der Waals surface area contributed by atoms with Gasteiger partial charge in [-0.2, -0.15) is 0 Å². The van der Waals surface area contributed by atoms with E-state index in [0.29, 0.717) is 0 Å². The molecule has 1 saturated heterocycles. The SMILES string of the molecule is c1ccc2cc(-c3ncc(CN4CCC4)cn3)ccc2c1. The lowest BCUT2D eigenvalue weighted by Gasteiger charge is -2.30. The van der Waals surface area contributed by atoms with Crippen molar-refractivity contribution in [3.05, 3.63) is 60.4 Å². The van der Waals surface area contributed by atoms with Gasteiger partial charge in [0, 0.05) is 30.1 Å². The number of hydrogen-bond donors (Lipinski definition) is 0. The first-order valence-corrected chi connectivity index (χ1v) is 7.41. The van der Waals surface area contributed by atoms with Crippen molar-refractivity contribution in [2.45, 2.75) is 13.0 Å². The van der Waals surface area contributed by atoms with Crippen molar-refractivity contribution in [2.24, 2.45) is 0 Å². The summed E-state index contributed by atoms with van der Waals surface area (Å²) in [6.45, 7) is 3.37. The maximum absolute atomic E-state index is 4.53. The van der Waals surface area contributed by atoms with Gasteiger partial charge in [-0.05, 0) is 36.3 Å². The van der Waals surface area contributed by atoms with Gasteiger partial charge in [0.15, 0.2) is 5.82 Å². The van der Waals surface area contributed by atoms with E-state index in [9.17, 15) is 0 Å². The van der Waals surface area contributed by atoms with Crippen LogP contribution in [0.1, 0.15) is 12.0 Å². The summed E-state index contributed by atoms with van der Waals surface area (Å²) >= 11 is 0. The molecule has 104 valence electrons. The highest BCUT2D eigenvalue weighted by Gasteiger charge is 2.14. The van der Waals surface area contributed by atoms with Crippen LogP contribution in [0.5, 0.6) is 0 Å². The first kappa shape index (κ1) is 12.5. The van der Waals surface area contributed by atoms with E-state index in [1.807, 2.05) is 12.4 Å². The molecule has 0 saturated carbocycles. The normalized spacial score (nSPS) is 15.0. The quantitative estimate of drug-likeness (QED) is 0.732. The van der Waals surface area contributed by atoms with Gasteiger partial charge in [0.2, 0.25) is 0 Å². The van der Waals surface area contributed by atoms with Gasteiger partial charge in [0.1, 0.15) is 0 Å². The lowest BCUT2D eigenvalue weighted by Crippen LogP contribution is -2.36. The van der Waals surface area contributed by atoms with E-state index in [-0.39, 0.29) is 0 Å². The third kappa shape index (κ3) is 2.52. The van der Waals surface area contributed by atoms with Crippen molar-refractivity contribution in [2.75, 3.05) is 13.1 Å². The number of hydrogen-bond acceptors (Lipinski definition) is 3. The Kier molecular flexibility index (Phi) is 3.13. The minimum absolute atomic E-state index is 0.799. The van der Waals surface area contributed by atoms with Crippen LogP contribution in [0.3, 0.4) is 0 Å². The van der Waals surface area contributed by atoms with Crippen LogP contribution < -0.4 is 0 Å². The molecular weight excluding hydrogens is 258 g/mol. The largest absolute Gasteiger partial charge is 0.299 e. The second-order valence-corrected chi connectivity index (χ2v) is 5.61. The highest BCUT2D eigenvalue weighted by molar-refractivity contribution is 5.86. The lowest BCUT2D eigenvalue weighted by atomic mass is 10.1. The minimum atomic E-state index is 0.799. The van der Waals surface area contributed by atoms with Gasteiger partial charge in [-0.25, -0.2) is 9.97 Å². The molecule has 3 aromatic rings. The third-order valence-corrected chi connectivity index (χ3v) is 4.07. The molecule has 1 aromatic heterocycles. The Balaban J connectivity index is 1.61. The zero-order valence-corrected chi connectivity index (χ0v) is 11.9. The molecule has 4 rings (SSSR count). The van der Waals surface area contributed by atoms with Gasteiger partial charge < -0.3 is 0 Å². The minimum Gasteiger partial charge on any atom is -0.299 e. The molecule has 0 radical (unpaired) electrons. The monoisotopic (exact) mass is 275 g/mol. The number of nitrogens with zero attached hydrogens (tertiary/aromatic N) is 3. The highest BCUT2D eigenvalue weighted by Crippen LogP contribution is 2.22. The van der Waals surface area contributed by atoms with Crippen LogP contribution in [-0.4, -0.2) is 28.0 Å². The first-order valence-electron chi connectivity index (χ1n) is 7.41. The maximum atomic E-state index is 4.53. The fourth-order valence-corrected chi connectivity index (χ4v) is 2.71. The molecule has 3 heteroatoms. The summed E-state index contributed by atoms with van der Waals surface area (Å²) in [5.74, 6) is 0.799. The molecule has 0 aliphatic carbocycles. The first-order chi connectivity index (χ1) is 10.4. The van der Waals surface area contributed by atoms with Crippen LogP contribution in [0, 0.1) is 0 Å². The molecule has 0 amide bonds. The van der Waals surface area contributed by atoms with E-state index in [0.717, 1.165) is 17.9 Å². The van der Waals surface area contributed by atoms with Crippen molar-refractivity contribution in [1.82, 2.24) is 14.9 Å². The molecule has 1 fully saturated rings. The van der Waals surface area contributed by atoms with Crippen LogP contribution in [0.2, 0.25) is 0 Å². The number of aromatic nitrogens is 2. The molecule has 0 spiro atoms. The summed E-state index contributed by atoms with van der Waals surface area (Å²) in [6, 6.07) is 14.7. The van der Waals surface area contributed by atoms with Crippen LogP contribution in [-0.2, 0) is 6.54 Å². The molecule has 3 nitrogen and oxygen atoms in total. The van der Waals surface area contributed by atoms with Crippen molar-refractivity contribution in [1.29, 1.82) is 0 Å². The van der Waals surface area contributed by atoms with E-state index in [4.69, 9.17) is 0 Å². The van der Waals surface area contributed by atoms with Crippen LogP contribution in [0.25, 0.3) is 22.2 Å². The third-order valence-electron chi connectivity index (χ3n) is 4.07. The molecule has 21 heavy (non-hydrogen) atoms.